The molecule has 80 valence electrons. The molecule has 0 aliphatic carbocycles. The Bertz CT molecular complexity index is 517. The van der Waals surface area contributed by atoms with Gasteiger partial charge in [-0.25, -0.2) is 0 Å². The Kier molecular flexibility index (Phi) is 3.22. The fourth-order valence-electron chi connectivity index (χ4n) is 1.28. The van der Waals surface area contributed by atoms with Crippen molar-refractivity contribution in [3.05, 3.63) is 46.3 Å². The second-order valence-corrected chi connectivity index (χ2v) is 4.10. The van der Waals surface area contributed by atoms with Gasteiger partial charge in [0.15, 0.2) is 0 Å². The Morgan fingerprint density at radius 3 is 3.00 bits per heavy atom. The minimum atomic E-state index is 0.567. The Morgan fingerprint density at radius 1 is 1.44 bits per heavy atom. The van der Waals surface area contributed by atoms with Gasteiger partial charge in [-0.15, -0.1) is 0 Å². The molecule has 1 aromatic heterocycles. The molecule has 0 aliphatic heterocycles. The molecule has 0 amide bonds. The molecule has 4 nitrogen and oxygen atoms in total. The predicted molar refractivity (Wildman–Crippen MR) is 62.7 cm³/mol. The fraction of sp³-hybridized carbons (Fsp3) is 0.0909. The maximum absolute atomic E-state index is 8.81. The highest BCUT2D eigenvalue weighted by atomic mass is 79.9. The normalized spacial score (nSPS) is 9.75. The van der Waals surface area contributed by atoms with E-state index < -0.39 is 0 Å². The highest BCUT2D eigenvalue weighted by Gasteiger charge is 2.00. The van der Waals surface area contributed by atoms with E-state index in [1.807, 2.05) is 6.07 Å². The average Bonchev–Trinajstić information content (AvgIpc) is 2.78. The predicted octanol–water partition coefficient (Wildman–Crippen LogP) is 2.92. The average molecular weight is 278 g/mol. The summed E-state index contributed by atoms with van der Waals surface area (Å²) in [6, 6.07) is 9.34. The summed E-state index contributed by atoms with van der Waals surface area (Å²) < 4.78 is 5.59. The van der Waals surface area contributed by atoms with Gasteiger partial charge in [0.1, 0.15) is 12.0 Å². The summed E-state index contributed by atoms with van der Waals surface area (Å²) in [4.78, 5) is 0. The lowest BCUT2D eigenvalue weighted by molar-refractivity contribution is 0.412. The van der Waals surface area contributed by atoms with Gasteiger partial charge in [-0.05, 0) is 18.2 Å². The quantitative estimate of drug-likeness (QED) is 0.937. The number of aromatic nitrogens is 1. The first kappa shape index (κ1) is 10.7. The van der Waals surface area contributed by atoms with Crippen molar-refractivity contribution in [2.45, 2.75) is 6.54 Å². The zero-order valence-electron chi connectivity index (χ0n) is 8.27. The van der Waals surface area contributed by atoms with E-state index in [9.17, 15) is 0 Å². The van der Waals surface area contributed by atoms with Gasteiger partial charge in [0.25, 0.3) is 0 Å². The Hall–Kier alpha value is -1.80. The molecule has 0 spiro atoms. The molecule has 0 saturated carbocycles. The van der Waals surface area contributed by atoms with E-state index in [0.717, 1.165) is 15.9 Å². The Morgan fingerprint density at radius 2 is 2.31 bits per heavy atom. The summed E-state index contributed by atoms with van der Waals surface area (Å²) in [7, 11) is 0. The number of nitrogens with zero attached hydrogens (tertiary/aromatic N) is 2. The molecular formula is C11H8BrN3O. The molecule has 1 aromatic carbocycles. The Balaban J connectivity index is 2.10. The van der Waals surface area contributed by atoms with Crippen LogP contribution in [0.15, 0.2) is 39.5 Å². The van der Waals surface area contributed by atoms with E-state index in [1.165, 1.54) is 6.26 Å². The molecule has 0 radical (unpaired) electrons. The van der Waals surface area contributed by atoms with Crippen LogP contribution in [-0.4, -0.2) is 5.16 Å². The summed E-state index contributed by atoms with van der Waals surface area (Å²) in [6.45, 7) is 0.567. The molecule has 0 fully saturated rings. The molecule has 5 heteroatoms. The van der Waals surface area contributed by atoms with Crippen LogP contribution in [0, 0.1) is 11.3 Å². The molecule has 0 unspecified atom stereocenters. The van der Waals surface area contributed by atoms with Crippen molar-refractivity contribution in [2.24, 2.45) is 0 Å². The second-order valence-electron chi connectivity index (χ2n) is 3.18. The van der Waals surface area contributed by atoms with Crippen LogP contribution in [-0.2, 0) is 6.54 Å². The lowest BCUT2D eigenvalue weighted by atomic mass is 10.2. The monoisotopic (exact) mass is 277 g/mol. The fourth-order valence-corrected chi connectivity index (χ4v) is 1.77. The summed E-state index contributed by atoms with van der Waals surface area (Å²) in [6.07, 6.45) is 1.53. The van der Waals surface area contributed by atoms with Crippen molar-refractivity contribution in [3.63, 3.8) is 0 Å². The lowest BCUT2D eigenvalue weighted by Gasteiger charge is -2.05. The number of hydrogen-bond acceptors (Lipinski definition) is 4. The van der Waals surface area contributed by atoms with Crippen molar-refractivity contribution in [1.82, 2.24) is 5.16 Å². The van der Waals surface area contributed by atoms with Crippen molar-refractivity contribution >= 4 is 21.6 Å². The van der Waals surface area contributed by atoms with E-state index >= 15 is 0 Å². The molecule has 0 bridgehead atoms. The smallest absolute Gasteiger partial charge is 0.124 e. The zero-order chi connectivity index (χ0) is 11.4. The first-order chi connectivity index (χ1) is 7.78. The second kappa shape index (κ2) is 4.81. The highest BCUT2D eigenvalue weighted by molar-refractivity contribution is 9.10. The summed E-state index contributed by atoms with van der Waals surface area (Å²) >= 11 is 3.35. The number of hydrogen-bond donors (Lipinski definition) is 1. The molecule has 0 aliphatic rings. The van der Waals surface area contributed by atoms with E-state index in [4.69, 9.17) is 9.78 Å². The van der Waals surface area contributed by atoms with Crippen LogP contribution in [0.3, 0.4) is 0 Å². The van der Waals surface area contributed by atoms with Gasteiger partial charge in [-0.3, -0.25) is 0 Å². The standard InChI is InChI=1S/C11H8BrN3O/c12-9-3-8(6-13)4-11(5-9)14-7-10-1-2-16-15-10/h1-5,14H,7H2. The number of halogens is 1. The zero-order valence-corrected chi connectivity index (χ0v) is 9.86. The van der Waals surface area contributed by atoms with E-state index in [1.54, 1.807) is 18.2 Å². The van der Waals surface area contributed by atoms with Crippen LogP contribution in [0.25, 0.3) is 0 Å². The summed E-state index contributed by atoms with van der Waals surface area (Å²) in [5.74, 6) is 0. The molecular weight excluding hydrogens is 270 g/mol. The minimum absolute atomic E-state index is 0.567. The molecule has 1 N–H and O–H groups in total. The number of rotatable bonds is 3. The topological polar surface area (TPSA) is 61.9 Å². The third-order valence-corrected chi connectivity index (χ3v) is 2.45. The van der Waals surface area contributed by atoms with Gasteiger partial charge in [-0.1, -0.05) is 21.1 Å². The molecule has 0 atom stereocenters. The van der Waals surface area contributed by atoms with Crippen LogP contribution >= 0.6 is 15.9 Å². The molecule has 1 heterocycles. The van der Waals surface area contributed by atoms with Crippen molar-refractivity contribution < 1.29 is 4.52 Å². The van der Waals surface area contributed by atoms with Gasteiger partial charge in [0, 0.05) is 16.2 Å². The third-order valence-electron chi connectivity index (χ3n) is 1.99. The number of benzene rings is 1. The molecule has 2 rings (SSSR count). The highest BCUT2D eigenvalue weighted by Crippen LogP contribution is 2.19. The van der Waals surface area contributed by atoms with Gasteiger partial charge in [-0.2, -0.15) is 5.26 Å². The van der Waals surface area contributed by atoms with Crippen molar-refractivity contribution in [1.29, 1.82) is 5.26 Å². The van der Waals surface area contributed by atoms with Crippen molar-refractivity contribution in [2.75, 3.05) is 5.32 Å². The summed E-state index contributed by atoms with van der Waals surface area (Å²) in [5.41, 5.74) is 2.30. The number of nitriles is 1. The first-order valence-corrected chi connectivity index (χ1v) is 5.41. The molecule has 16 heavy (non-hydrogen) atoms. The van der Waals surface area contributed by atoms with Crippen LogP contribution in [0.2, 0.25) is 0 Å². The third kappa shape index (κ3) is 2.61. The van der Waals surface area contributed by atoms with Gasteiger partial charge in [0.2, 0.25) is 0 Å². The number of anilines is 1. The Labute approximate surface area is 101 Å². The van der Waals surface area contributed by atoms with E-state index in [-0.39, 0.29) is 0 Å². The van der Waals surface area contributed by atoms with Crippen molar-refractivity contribution in [3.8, 4) is 6.07 Å². The van der Waals surface area contributed by atoms with E-state index in [0.29, 0.717) is 12.1 Å². The number of nitrogens with one attached hydrogen (secondary N) is 1. The first-order valence-electron chi connectivity index (χ1n) is 4.62. The maximum Gasteiger partial charge on any atom is 0.124 e. The van der Waals surface area contributed by atoms with Gasteiger partial charge < -0.3 is 9.84 Å². The molecule has 0 saturated heterocycles. The summed E-state index contributed by atoms with van der Waals surface area (Å²) in [5, 5.41) is 15.8. The van der Waals surface area contributed by atoms with Crippen LogP contribution in [0.4, 0.5) is 5.69 Å². The van der Waals surface area contributed by atoms with Crippen LogP contribution < -0.4 is 5.32 Å². The van der Waals surface area contributed by atoms with Crippen LogP contribution in [0.1, 0.15) is 11.3 Å². The lowest BCUT2D eigenvalue weighted by Crippen LogP contribution is -1.99. The van der Waals surface area contributed by atoms with E-state index in [2.05, 4.69) is 32.5 Å². The maximum atomic E-state index is 8.81. The van der Waals surface area contributed by atoms with Gasteiger partial charge in [0.05, 0.1) is 18.2 Å². The van der Waals surface area contributed by atoms with Gasteiger partial charge >= 0.3 is 0 Å². The largest absolute Gasteiger partial charge is 0.379 e. The SMILES string of the molecule is N#Cc1cc(Br)cc(NCc2ccon2)c1. The van der Waals surface area contributed by atoms with Crippen LogP contribution in [0.5, 0.6) is 0 Å². The molecule has 2 aromatic rings. The minimum Gasteiger partial charge on any atom is -0.379 e.